The number of anilines is 3. The van der Waals surface area contributed by atoms with Crippen molar-refractivity contribution in [1.29, 1.82) is 0 Å². The zero-order valence-corrected chi connectivity index (χ0v) is 30.2. The number of esters is 1. The van der Waals surface area contributed by atoms with E-state index < -0.39 is 35.3 Å². The van der Waals surface area contributed by atoms with E-state index >= 15 is 0 Å². The first-order valence-electron chi connectivity index (χ1n) is 16.3. The Morgan fingerprint density at radius 1 is 0.788 bits per heavy atom. The number of amides is 5. The van der Waals surface area contributed by atoms with Crippen LogP contribution in [0.2, 0.25) is 0 Å². The van der Waals surface area contributed by atoms with E-state index in [0.717, 1.165) is 31.1 Å². The topological polar surface area (TPSA) is 211 Å². The Labute approximate surface area is 300 Å². The molecule has 0 fully saturated rings. The molecular weight excluding hydrogens is 678 g/mol. The monoisotopic (exact) mass is 723 g/mol. The number of hydrogen-bond acceptors (Lipinski definition) is 10. The first-order chi connectivity index (χ1) is 24.6. The molecule has 1 aliphatic rings. The van der Waals surface area contributed by atoms with Crippen LogP contribution < -0.4 is 21.3 Å². The van der Waals surface area contributed by atoms with E-state index in [0.29, 0.717) is 29.3 Å². The molecule has 18 heteroatoms. The third-order valence-corrected chi connectivity index (χ3v) is 8.31. The minimum Gasteiger partial charge on any atom is -0.495 e. The molecular formula is C34H45N9O9. The number of hydrogen-bond donors (Lipinski definition) is 5. The van der Waals surface area contributed by atoms with Crippen molar-refractivity contribution in [2.24, 2.45) is 21.1 Å². The number of carbonyl (C=O) groups is 6. The average molecular weight is 724 g/mol. The van der Waals surface area contributed by atoms with Gasteiger partial charge in [-0.3, -0.25) is 28.9 Å². The van der Waals surface area contributed by atoms with Crippen LogP contribution in [0, 0.1) is 0 Å². The molecule has 0 aliphatic carbocycles. The molecule has 0 aromatic carbocycles. The predicted octanol–water partition coefficient (Wildman–Crippen LogP) is 0.841. The lowest BCUT2D eigenvalue weighted by Crippen LogP contribution is -2.55. The second-order valence-corrected chi connectivity index (χ2v) is 12.5. The summed E-state index contributed by atoms with van der Waals surface area (Å²) >= 11 is 0. The van der Waals surface area contributed by atoms with Crippen LogP contribution in [0.25, 0.3) is 0 Å². The maximum Gasteiger partial charge on any atom is 0.368 e. The van der Waals surface area contributed by atoms with E-state index in [4.69, 9.17) is 4.74 Å². The summed E-state index contributed by atoms with van der Waals surface area (Å²) in [4.78, 5) is 79.2. The quantitative estimate of drug-likeness (QED) is 0.104. The SMILES string of the molecule is COC(=O)C1(O)C(OC)=CC(=O)N1CCCC(=O)Nc1cc(C(=O)Nc2cc(C(=O)Nc3cc(C(=O)NCCCN(C)C)n(C)c3)n(C)c2)n(C)c1. The molecule has 5 amide bonds. The van der Waals surface area contributed by atoms with Crippen LogP contribution in [0.4, 0.5) is 17.1 Å². The molecule has 3 aromatic rings. The van der Waals surface area contributed by atoms with Crippen LogP contribution in [0.1, 0.15) is 50.7 Å². The van der Waals surface area contributed by atoms with Crippen LogP contribution in [0.3, 0.4) is 0 Å². The molecule has 52 heavy (non-hydrogen) atoms. The minimum absolute atomic E-state index is 0.0802. The lowest BCUT2D eigenvalue weighted by atomic mass is 10.1. The number of nitrogens with zero attached hydrogens (tertiary/aromatic N) is 5. The van der Waals surface area contributed by atoms with Gasteiger partial charge in [0.2, 0.25) is 5.91 Å². The summed E-state index contributed by atoms with van der Waals surface area (Å²) in [5.41, 5.74) is -0.455. The number of aliphatic hydroxyl groups is 1. The van der Waals surface area contributed by atoms with E-state index in [1.807, 2.05) is 19.0 Å². The largest absolute Gasteiger partial charge is 0.495 e. The van der Waals surface area contributed by atoms with Gasteiger partial charge in [-0.2, -0.15) is 0 Å². The summed E-state index contributed by atoms with van der Waals surface area (Å²) in [6.07, 6.45) is 6.55. The van der Waals surface area contributed by atoms with Gasteiger partial charge in [-0.15, -0.1) is 0 Å². The first-order valence-corrected chi connectivity index (χ1v) is 16.3. The standard InChI is InChI=1S/C34H45N9O9/c1-39(2)12-9-11-35-30(46)24-15-22(19-40(24)3)37-32(48)26-16-23(20-42(26)5)38-31(47)25-14-21(18-41(25)4)36-28(44)10-8-13-43-29(45)17-27(51-6)34(43,50)33(49)52-7/h14-20,50H,8-13H2,1-7H3,(H,35,46)(H,36,44)(H,37,48)(H,38,47). The smallest absolute Gasteiger partial charge is 0.368 e. The van der Waals surface area contributed by atoms with Gasteiger partial charge >= 0.3 is 11.7 Å². The number of carbonyl (C=O) groups excluding carboxylic acids is 6. The molecule has 4 heterocycles. The molecule has 0 spiro atoms. The Kier molecular flexibility index (Phi) is 12.3. The minimum atomic E-state index is -2.43. The van der Waals surface area contributed by atoms with Crippen LogP contribution in [-0.4, -0.2) is 118 Å². The molecule has 3 aromatic heterocycles. The summed E-state index contributed by atoms with van der Waals surface area (Å²) < 4.78 is 14.3. The van der Waals surface area contributed by atoms with Gasteiger partial charge in [0.15, 0.2) is 5.76 Å². The first kappa shape index (κ1) is 38.9. The number of nitrogens with one attached hydrogen (secondary N) is 4. The van der Waals surface area contributed by atoms with E-state index in [1.54, 1.807) is 54.9 Å². The van der Waals surface area contributed by atoms with Gasteiger partial charge in [0.1, 0.15) is 17.1 Å². The number of aryl methyl sites for hydroxylation is 3. The zero-order chi connectivity index (χ0) is 38.3. The van der Waals surface area contributed by atoms with Crippen molar-refractivity contribution in [3.63, 3.8) is 0 Å². The molecule has 0 saturated carbocycles. The predicted molar refractivity (Wildman–Crippen MR) is 189 cm³/mol. The molecule has 1 unspecified atom stereocenters. The number of aromatic nitrogens is 3. The summed E-state index contributed by atoms with van der Waals surface area (Å²) in [5.74, 6) is -3.69. The molecule has 280 valence electrons. The fourth-order valence-corrected chi connectivity index (χ4v) is 5.68. The Hall–Kier alpha value is -5.88. The molecule has 18 nitrogen and oxygen atoms in total. The van der Waals surface area contributed by atoms with E-state index in [-0.39, 0.29) is 42.4 Å². The highest BCUT2D eigenvalue weighted by atomic mass is 16.6. The Morgan fingerprint density at radius 3 is 1.77 bits per heavy atom. The highest BCUT2D eigenvalue weighted by molar-refractivity contribution is 6.08. The second-order valence-electron chi connectivity index (χ2n) is 12.5. The fourth-order valence-electron chi connectivity index (χ4n) is 5.68. The maximum absolute atomic E-state index is 13.2. The third kappa shape index (κ3) is 8.70. The van der Waals surface area contributed by atoms with Gasteiger partial charge in [-0.1, -0.05) is 0 Å². The average Bonchev–Trinajstić information content (AvgIpc) is 3.82. The van der Waals surface area contributed by atoms with Crippen molar-refractivity contribution in [1.82, 2.24) is 28.8 Å². The van der Waals surface area contributed by atoms with Gasteiger partial charge < -0.3 is 54.4 Å². The molecule has 1 atom stereocenters. The lowest BCUT2D eigenvalue weighted by Gasteiger charge is -2.32. The van der Waals surface area contributed by atoms with E-state index in [1.165, 1.54) is 23.8 Å². The Balaban J connectivity index is 1.31. The van der Waals surface area contributed by atoms with Gasteiger partial charge in [0.25, 0.3) is 23.6 Å². The van der Waals surface area contributed by atoms with Crippen LogP contribution in [-0.2, 0) is 45.0 Å². The lowest BCUT2D eigenvalue weighted by molar-refractivity contribution is -0.184. The highest BCUT2D eigenvalue weighted by Gasteiger charge is 2.54. The number of methoxy groups -OCH3 is 2. The normalized spacial score (nSPS) is 15.4. The number of rotatable bonds is 16. The van der Waals surface area contributed by atoms with Crippen molar-refractivity contribution >= 4 is 52.6 Å². The van der Waals surface area contributed by atoms with Gasteiger partial charge in [0, 0.05) is 65.3 Å². The van der Waals surface area contributed by atoms with E-state index in [9.17, 15) is 33.9 Å². The molecule has 0 radical (unpaired) electrons. The third-order valence-electron chi connectivity index (χ3n) is 8.31. The van der Waals surface area contributed by atoms with Gasteiger partial charge in [-0.05, 0) is 51.7 Å². The summed E-state index contributed by atoms with van der Waals surface area (Å²) in [6, 6.07) is 4.58. The van der Waals surface area contributed by atoms with Gasteiger partial charge in [-0.25, -0.2) is 4.79 Å². The van der Waals surface area contributed by atoms with Crippen molar-refractivity contribution in [3.05, 3.63) is 65.7 Å². The molecule has 5 N–H and O–H groups in total. The summed E-state index contributed by atoms with van der Waals surface area (Å²) in [6.45, 7) is 1.21. The fraction of sp³-hybridized carbons (Fsp3) is 0.412. The maximum atomic E-state index is 13.2. The van der Waals surface area contributed by atoms with Crippen molar-refractivity contribution in [2.75, 3.05) is 63.9 Å². The second kappa shape index (κ2) is 16.4. The van der Waals surface area contributed by atoms with Gasteiger partial charge in [0.05, 0.1) is 31.3 Å². The van der Waals surface area contributed by atoms with E-state index in [2.05, 4.69) is 26.0 Å². The van der Waals surface area contributed by atoms with Crippen molar-refractivity contribution in [3.8, 4) is 0 Å². The number of ether oxygens (including phenoxy) is 2. The highest BCUT2D eigenvalue weighted by Crippen LogP contribution is 2.31. The summed E-state index contributed by atoms with van der Waals surface area (Å²) in [5, 5.41) is 22.0. The Bertz CT molecular complexity index is 1890. The zero-order valence-electron chi connectivity index (χ0n) is 30.2. The Morgan fingerprint density at radius 2 is 1.29 bits per heavy atom. The molecule has 0 bridgehead atoms. The van der Waals surface area contributed by atoms with Crippen LogP contribution in [0.15, 0.2) is 48.6 Å². The summed E-state index contributed by atoms with van der Waals surface area (Å²) in [7, 11) is 11.2. The van der Waals surface area contributed by atoms with Crippen LogP contribution >= 0.6 is 0 Å². The van der Waals surface area contributed by atoms with Crippen molar-refractivity contribution < 1.29 is 43.3 Å². The molecule has 1 aliphatic heterocycles. The van der Waals surface area contributed by atoms with Crippen molar-refractivity contribution in [2.45, 2.75) is 25.0 Å². The van der Waals surface area contributed by atoms with Crippen LogP contribution in [0.5, 0.6) is 0 Å². The molecule has 4 rings (SSSR count). The molecule has 0 saturated heterocycles.